The number of piperazine rings is 1. The molecule has 0 radical (unpaired) electrons. The van der Waals surface area contributed by atoms with Crippen LogP contribution in [-0.4, -0.2) is 60.5 Å². The van der Waals surface area contributed by atoms with E-state index in [1.165, 1.54) is 47.8 Å². The molecule has 1 saturated heterocycles. The summed E-state index contributed by atoms with van der Waals surface area (Å²) in [4.78, 5) is 29.9. The minimum atomic E-state index is -3.71. The molecular weight excluding hydrogens is 461 g/mol. The number of Topliss-reactive ketones (excluding diaryl/α,β-unsaturated/α-hetero) is 1. The molecule has 0 aliphatic carbocycles. The van der Waals surface area contributed by atoms with E-state index >= 15 is 0 Å². The van der Waals surface area contributed by atoms with E-state index in [1.807, 2.05) is 0 Å². The van der Waals surface area contributed by atoms with Gasteiger partial charge in [-0.15, -0.1) is 0 Å². The van der Waals surface area contributed by atoms with E-state index in [1.54, 1.807) is 23.1 Å². The number of oxazole rings is 1. The van der Waals surface area contributed by atoms with Crippen molar-refractivity contribution in [3.05, 3.63) is 72.0 Å². The highest BCUT2D eigenvalue weighted by atomic mass is 32.2. The van der Waals surface area contributed by atoms with E-state index in [0.29, 0.717) is 22.8 Å². The van der Waals surface area contributed by atoms with Gasteiger partial charge in [-0.25, -0.2) is 17.8 Å². The number of aryl methyl sites for hydroxylation is 1. The highest BCUT2D eigenvalue weighted by molar-refractivity contribution is 7.89. The van der Waals surface area contributed by atoms with Gasteiger partial charge in [0, 0.05) is 44.6 Å². The van der Waals surface area contributed by atoms with Crippen molar-refractivity contribution in [1.82, 2.24) is 14.2 Å². The van der Waals surface area contributed by atoms with Crippen LogP contribution in [-0.2, 0) is 21.2 Å². The zero-order valence-corrected chi connectivity index (χ0v) is 19.4. The minimum absolute atomic E-state index is 0.117. The third kappa shape index (κ3) is 5.07. The van der Waals surface area contributed by atoms with Crippen LogP contribution in [0.3, 0.4) is 0 Å². The third-order valence-electron chi connectivity index (χ3n) is 5.74. The Hall–Kier alpha value is -3.37. The molecule has 2 heterocycles. The Kier molecular flexibility index (Phi) is 6.90. The Bertz CT molecular complexity index is 1300. The second-order valence-electron chi connectivity index (χ2n) is 7.96. The first kappa shape index (κ1) is 23.8. The number of amides is 1. The van der Waals surface area contributed by atoms with E-state index < -0.39 is 15.8 Å². The second-order valence-corrected chi connectivity index (χ2v) is 9.90. The van der Waals surface area contributed by atoms with E-state index in [9.17, 15) is 22.4 Å². The Labute approximate surface area is 197 Å². The van der Waals surface area contributed by atoms with Gasteiger partial charge in [0.1, 0.15) is 5.82 Å². The lowest BCUT2D eigenvalue weighted by Gasteiger charge is -2.34. The molecule has 1 aliphatic heterocycles. The number of carbonyl (C=O) groups is 2. The highest BCUT2D eigenvalue weighted by Crippen LogP contribution is 2.24. The zero-order valence-electron chi connectivity index (χ0n) is 18.6. The fourth-order valence-electron chi connectivity index (χ4n) is 3.77. The average molecular weight is 486 g/mol. The second kappa shape index (κ2) is 9.86. The number of benzene rings is 2. The van der Waals surface area contributed by atoms with E-state index in [0.717, 1.165) is 0 Å². The quantitative estimate of drug-likeness (QED) is 0.477. The lowest BCUT2D eigenvalue weighted by atomic mass is 10.2. The SMILES string of the molecule is CC(=O)c1ccc(S(=O)(=O)N2CCN(C(=O)CCc3ncc(-c4ccccc4F)o3)CC2)cc1. The molecule has 0 atom stereocenters. The summed E-state index contributed by atoms with van der Waals surface area (Å²) < 4.78 is 46.6. The van der Waals surface area contributed by atoms with Crippen LogP contribution in [0.4, 0.5) is 4.39 Å². The van der Waals surface area contributed by atoms with Gasteiger partial charge in [-0.2, -0.15) is 4.31 Å². The number of sulfonamides is 1. The van der Waals surface area contributed by atoms with Crippen LogP contribution in [0.25, 0.3) is 11.3 Å². The van der Waals surface area contributed by atoms with Crippen molar-refractivity contribution in [2.45, 2.75) is 24.7 Å². The van der Waals surface area contributed by atoms with Crippen molar-refractivity contribution in [3.8, 4) is 11.3 Å². The van der Waals surface area contributed by atoms with Crippen molar-refractivity contribution < 1.29 is 26.8 Å². The molecule has 34 heavy (non-hydrogen) atoms. The summed E-state index contributed by atoms with van der Waals surface area (Å²) in [6, 6.07) is 12.1. The Morgan fingerprint density at radius 2 is 1.71 bits per heavy atom. The van der Waals surface area contributed by atoms with Crippen LogP contribution < -0.4 is 0 Å². The molecule has 2 aromatic carbocycles. The molecule has 1 amide bonds. The number of rotatable bonds is 7. The van der Waals surface area contributed by atoms with Crippen LogP contribution in [0.2, 0.25) is 0 Å². The van der Waals surface area contributed by atoms with Crippen molar-refractivity contribution in [2.75, 3.05) is 26.2 Å². The van der Waals surface area contributed by atoms with Gasteiger partial charge >= 0.3 is 0 Å². The monoisotopic (exact) mass is 485 g/mol. The maximum Gasteiger partial charge on any atom is 0.243 e. The van der Waals surface area contributed by atoms with Gasteiger partial charge in [0.2, 0.25) is 15.9 Å². The fraction of sp³-hybridized carbons (Fsp3) is 0.292. The van der Waals surface area contributed by atoms with Gasteiger partial charge < -0.3 is 9.32 Å². The first-order valence-electron chi connectivity index (χ1n) is 10.8. The maximum absolute atomic E-state index is 13.9. The summed E-state index contributed by atoms with van der Waals surface area (Å²) in [6.45, 7) is 2.33. The smallest absolute Gasteiger partial charge is 0.243 e. The summed E-state index contributed by atoms with van der Waals surface area (Å²) >= 11 is 0. The normalized spacial score (nSPS) is 14.8. The predicted octanol–water partition coefficient (Wildman–Crippen LogP) is 3.15. The zero-order chi connectivity index (χ0) is 24.3. The molecule has 178 valence electrons. The summed E-state index contributed by atoms with van der Waals surface area (Å²) in [7, 11) is -3.71. The van der Waals surface area contributed by atoms with Crippen LogP contribution >= 0.6 is 0 Å². The number of carbonyl (C=O) groups excluding carboxylic acids is 2. The molecule has 0 spiro atoms. The first-order valence-corrected chi connectivity index (χ1v) is 12.3. The van der Waals surface area contributed by atoms with Crippen LogP contribution in [0.1, 0.15) is 29.6 Å². The summed E-state index contributed by atoms with van der Waals surface area (Å²) in [5, 5.41) is 0. The maximum atomic E-state index is 13.9. The Balaban J connectivity index is 1.31. The topological polar surface area (TPSA) is 101 Å². The average Bonchev–Trinajstić information content (AvgIpc) is 3.31. The Morgan fingerprint density at radius 3 is 2.35 bits per heavy atom. The van der Waals surface area contributed by atoms with Gasteiger partial charge in [0.15, 0.2) is 17.4 Å². The molecular formula is C24H24FN3O5S. The number of halogens is 1. The van der Waals surface area contributed by atoms with Gasteiger partial charge in [-0.1, -0.05) is 24.3 Å². The van der Waals surface area contributed by atoms with Crippen LogP contribution in [0.15, 0.2) is 64.0 Å². The Morgan fingerprint density at radius 1 is 1.03 bits per heavy atom. The summed E-state index contributed by atoms with van der Waals surface area (Å²) in [5.41, 5.74) is 0.752. The van der Waals surface area contributed by atoms with E-state index in [2.05, 4.69) is 4.98 Å². The van der Waals surface area contributed by atoms with Crippen molar-refractivity contribution in [3.63, 3.8) is 0 Å². The predicted molar refractivity (Wildman–Crippen MR) is 122 cm³/mol. The standard InChI is InChI=1S/C24H24FN3O5S/c1-17(29)18-6-8-19(9-7-18)34(31,32)28-14-12-27(13-15-28)24(30)11-10-23-26-16-22(33-23)20-4-2-3-5-21(20)25/h2-9,16H,10-15H2,1H3. The number of hydrogen-bond donors (Lipinski definition) is 0. The first-order chi connectivity index (χ1) is 16.3. The molecule has 3 aromatic rings. The molecule has 0 bridgehead atoms. The number of nitrogens with zero attached hydrogens (tertiary/aromatic N) is 3. The van der Waals surface area contributed by atoms with Gasteiger partial charge in [-0.3, -0.25) is 9.59 Å². The molecule has 0 N–H and O–H groups in total. The lowest BCUT2D eigenvalue weighted by molar-refractivity contribution is -0.132. The third-order valence-corrected chi connectivity index (χ3v) is 7.65. The van der Waals surface area contributed by atoms with Gasteiger partial charge in [0.05, 0.1) is 16.7 Å². The van der Waals surface area contributed by atoms with Crippen molar-refractivity contribution in [2.24, 2.45) is 0 Å². The van der Waals surface area contributed by atoms with E-state index in [4.69, 9.17) is 4.42 Å². The summed E-state index contributed by atoms with van der Waals surface area (Å²) in [6.07, 6.45) is 1.84. The van der Waals surface area contributed by atoms with Gasteiger partial charge in [0.25, 0.3) is 0 Å². The molecule has 4 rings (SSSR count). The molecule has 1 fully saturated rings. The largest absolute Gasteiger partial charge is 0.441 e. The molecule has 0 saturated carbocycles. The van der Waals surface area contributed by atoms with Gasteiger partial charge in [-0.05, 0) is 31.2 Å². The van der Waals surface area contributed by atoms with Crippen molar-refractivity contribution >= 4 is 21.7 Å². The van der Waals surface area contributed by atoms with Crippen molar-refractivity contribution in [1.29, 1.82) is 0 Å². The number of ketones is 1. The fourth-order valence-corrected chi connectivity index (χ4v) is 5.19. The summed E-state index contributed by atoms with van der Waals surface area (Å²) in [5.74, 6) is -0.0424. The van der Waals surface area contributed by atoms with Crippen LogP contribution in [0, 0.1) is 5.82 Å². The van der Waals surface area contributed by atoms with Crippen LogP contribution in [0.5, 0.6) is 0 Å². The molecule has 1 aromatic heterocycles. The molecule has 8 nitrogen and oxygen atoms in total. The molecule has 10 heteroatoms. The molecule has 0 unspecified atom stereocenters. The minimum Gasteiger partial charge on any atom is -0.441 e. The highest BCUT2D eigenvalue weighted by Gasteiger charge is 2.30. The van der Waals surface area contributed by atoms with E-state index in [-0.39, 0.29) is 55.6 Å². The molecule has 1 aliphatic rings. The lowest BCUT2D eigenvalue weighted by Crippen LogP contribution is -2.50. The number of aromatic nitrogens is 1. The number of hydrogen-bond acceptors (Lipinski definition) is 6.